The number of nitrogens with one attached hydrogen (secondary N) is 1. The van der Waals surface area contributed by atoms with Crippen LogP contribution in [0.25, 0.3) is 0 Å². The minimum atomic E-state index is -0.163. The van der Waals surface area contributed by atoms with E-state index >= 15 is 0 Å². The zero-order valence-electron chi connectivity index (χ0n) is 11.2. The predicted molar refractivity (Wildman–Crippen MR) is 75.1 cm³/mol. The van der Waals surface area contributed by atoms with Crippen molar-refractivity contribution < 1.29 is 15.3 Å². The molecule has 2 unspecified atom stereocenters. The normalized spacial score (nSPS) is 23.3. The summed E-state index contributed by atoms with van der Waals surface area (Å²) in [5, 5.41) is 31.4. The maximum absolute atomic E-state index is 9.51. The Morgan fingerprint density at radius 3 is 2.53 bits per heavy atom. The highest BCUT2D eigenvalue weighted by atomic mass is 16.3. The van der Waals surface area contributed by atoms with Crippen molar-refractivity contribution in [3.63, 3.8) is 0 Å². The number of aliphatic hydroxyl groups is 2. The number of hydrogen-bond donors (Lipinski definition) is 4. The van der Waals surface area contributed by atoms with Crippen LogP contribution >= 0.6 is 0 Å². The van der Waals surface area contributed by atoms with Gasteiger partial charge in [-0.2, -0.15) is 0 Å². The molecule has 1 fully saturated rings. The van der Waals surface area contributed by atoms with Gasteiger partial charge in [0.05, 0.1) is 6.61 Å². The van der Waals surface area contributed by atoms with Gasteiger partial charge >= 0.3 is 0 Å². The summed E-state index contributed by atoms with van der Waals surface area (Å²) in [6.07, 6.45) is 4.72. The number of phenols is 1. The van der Waals surface area contributed by atoms with Gasteiger partial charge in [-0.3, -0.25) is 0 Å². The number of aliphatic hydroxyl groups excluding tert-OH is 2. The Morgan fingerprint density at radius 2 is 1.84 bits per heavy atom. The SMILES string of the molecule is OCc1cc(NCC2CCCCC2CO)ccc1O. The van der Waals surface area contributed by atoms with E-state index in [1.165, 1.54) is 12.8 Å². The molecule has 1 aliphatic rings. The molecule has 1 aromatic rings. The van der Waals surface area contributed by atoms with Gasteiger partial charge in [0.1, 0.15) is 5.75 Å². The highest BCUT2D eigenvalue weighted by molar-refractivity contribution is 5.50. The summed E-state index contributed by atoms with van der Waals surface area (Å²) < 4.78 is 0. The molecule has 2 atom stereocenters. The molecule has 2 rings (SSSR count). The Kier molecular flexibility index (Phi) is 5.05. The Labute approximate surface area is 114 Å². The monoisotopic (exact) mass is 265 g/mol. The van der Waals surface area contributed by atoms with Crippen molar-refractivity contribution >= 4 is 5.69 Å². The molecular weight excluding hydrogens is 242 g/mol. The summed E-state index contributed by atoms with van der Waals surface area (Å²) in [4.78, 5) is 0. The lowest BCUT2D eigenvalue weighted by molar-refractivity contribution is 0.141. The van der Waals surface area contributed by atoms with E-state index in [-0.39, 0.29) is 19.0 Å². The van der Waals surface area contributed by atoms with Gasteiger partial charge in [-0.1, -0.05) is 12.8 Å². The number of benzene rings is 1. The largest absolute Gasteiger partial charge is 0.508 e. The van der Waals surface area contributed by atoms with Gasteiger partial charge in [0.15, 0.2) is 0 Å². The predicted octanol–water partition coefficient (Wildman–Crippen LogP) is 2.10. The Balaban J connectivity index is 1.94. The van der Waals surface area contributed by atoms with Crippen LogP contribution in [0.15, 0.2) is 18.2 Å². The molecule has 0 heterocycles. The third kappa shape index (κ3) is 3.61. The molecule has 4 nitrogen and oxygen atoms in total. The van der Waals surface area contributed by atoms with Crippen LogP contribution in [0.4, 0.5) is 5.69 Å². The summed E-state index contributed by atoms with van der Waals surface area (Å²) in [5.74, 6) is 1.03. The summed E-state index contributed by atoms with van der Waals surface area (Å²) in [6, 6.07) is 5.18. The minimum Gasteiger partial charge on any atom is -0.508 e. The van der Waals surface area contributed by atoms with Crippen LogP contribution in [-0.2, 0) is 6.61 Å². The first-order valence-corrected chi connectivity index (χ1v) is 7.02. The number of aromatic hydroxyl groups is 1. The van der Waals surface area contributed by atoms with Crippen molar-refractivity contribution in [2.45, 2.75) is 32.3 Å². The van der Waals surface area contributed by atoms with Crippen LogP contribution in [0.1, 0.15) is 31.2 Å². The van der Waals surface area contributed by atoms with Crippen molar-refractivity contribution in [3.8, 4) is 5.75 Å². The van der Waals surface area contributed by atoms with Crippen molar-refractivity contribution in [2.24, 2.45) is 11.8 Å². The highest BCUT2D eigenvalue weighted by Crippen LogP contribution is 2.30. The van der Waals surface area contributed by atoms with Gasteiger partial charge in [0, 0.05) is 24.4 Å². The fourth-order valence-electron chi connectivity index (χ4n) is 2.86. The molecule has 106 valence electrons. The second kappa shape index (κ2) is 6.78. The van der Waals surface area contributed by atoms with Gasteiger partial charge in [-0.25, -0.2) is 0 Å². The summed E-state index contributed by atoms with van der Waals surface area (Å²) in [5.41, 5.74) is 1.44. The Bertz CT molecular complexity index is 408. The fraction of sp³-hybridized carbons (Fsp3) is 0.600. The molecule has 1 aromatic carbocycles. The van der Waals surface area contributed by atoms with E-state index in [4.69, 9.17) is 5.11 Å². The first-order valence-electron chi connectivity index (χ1n) is 7.02. The van der Waals surface area contributed by atoms with E-state index in [1.807, 2.05) is 6.07 Å². The van der Waals surface area contributed by atoms with Crippen LogP contribution < -0.4 is 5.32 Å². The number of hydrogen-bond acceptors (Lipinski definition) is 4. The standard InChI is InChI=1S/C15H23NO3/c17-9-12-4-2-1-3-11(12)8-16-14-5-6-15(19)13(7-14)10-18/h5-7,11-12,16-19H,1-4,8-10H2. The van der Waals surface area contributed by atoms with E-state index in [0.717, 1.165) is 25.1 Å². The van der Waals surface area contributed by atoms with Gasteiger partial charge in [0.2, 0.25) is 0 Å². The molecule has 1 saturated carbocycles. The molecule has 0 bridgehead atoms. The van der Waals surface area contributed by atoms with Crippen molar-refractivity contribution in [2.75, 3.05) is 18.5 Å². The van der Waals surface area contributed by atoms with E-state index in [0.29, 0.717) is 17.4 Å². The summed E-state index contributed by atoms with van der Waals surface area (Å²) in [6.45, 7) is 0.939. The van der Waals surface area contributed by atoms with E-state index in [9.17, 15) is 10.2 Å². The Morgan fingerprint density at radius 1 is 1.11 bits per heavy atom. The molecular formula is C15H23NO3. The highest BCUT2D eigenvalue weighted by Gasteiger charge is 2.24. The van der Waals surface area contributed by atoms with Gasteiger partial charge < -0.3 is 20.6 Å². The summed E-state index contributed by atoms with van der Waals surface area (Å²) in [7, 11) is 0. The average molecular weight is 265 g/mol. The second-order valence-electron chi connectivity index (χ2n) is 5.37. The molecule has 19 heavy (non-hydrogen) atoms. The van der Waals surface area contributed by atoms with Crippen molar-refractivity contribution in [3.05, 3.63) is 23.8 Å². The first-order chi connectivity index (χ1) is 9.24. The Hall–Kier alpha value is -1.26. The maximum atomic E-state index is 9.51. The van der Waals surface area contributed by atoms with Crippen molar-refractivity contribution in [1.29, 1.82) is 0 Å². The third-order valence-electron chi connectivity index (χ3n) is 4.12. The number of rotatable bonds is 5. The lowest BCUT2D eigenvalue weighted by atomic mass is 9.79. The zero-order valence-corrected chi connectivity index (χ0v) is 11.2. The topological polar surface area (TPSA) is 72.7 Å². The molecule has 0 aliphatic heterocycles. The molecule has 0 spiro atoms. The zero-order chi connectivity index (χ0) is 13.7. The molecule has 0 amide bonds. The van der Waals surface area contributed by atoms with Crippen LogP contribution in [0.5, 0.6) is 5.75 Å². The van der Waals surface area contributed by atoms with Crippen LogP contribution in [-0.4, -0.2) is 28.5 Å². The number of anilines is 1. The van der Waals surface area contributed by atoms with Crippen molar-refractivity contribution in [1.82, 2.24) is 0 Å². The van der Waals surface area contributed by atoms with Crippen LogP contribution in [0, 0.1) is 11.8 Å². The molecule has 0 aromatic heterocycles. The average Bonchev–Trinajstić information content (AvgIpc) is 2.46. The van der Waals surface area contributed by atoms with E-state index in [2.05, 4.69) is 5.32 Å². The first kappa shape index (κ1) is 14.2. The molecule has 0 radical (unpaired) electrons. The quantitative estimate of drug-likeness (QED) is 0.615. The van der Waals surface area contributed by atoms with E-state index < -0.39 is 0 Å². The smallest absolute Gasteiger partial charge is 0.121 e. The molecule has 1 aliphatic carbocycles. The molecule has 0 saturated heterocycles. The molecule has 4 heteroatoms. The van der Waals surface area contributed by atoms with Crippen LogP contribution in [0.3, 0.4) is 0 Å². The fourth-order valence-corrected chi connectivity index (χ4v) is 2.86. The van der Waals surface area contributed by atoms with Crippen LogP contribution in [0.2, 0.25) is 0 Å². The maximum Gasteiger partial charge on any atom is 0.121 e. The van der Waals surface area contributed by atoms with Gasteiger partial charge in [0.25, 0.3) is 0 Å². The van der Waals surface area contributed by atoms with Gasteiger partial charge in [-0.05, 0) is 42.9 Å². The third-order valence-corrected chi connectivity index (χ3v) is 4.12. The second-order valence-corrected chi connectivity index (χ2v) is 5.37. The summed E-state index contributed by atoms with van der Waals surface area (Å²) >= 11 is 0. The lowest BCUT2D eigenvalue weighted by Crippen LogP contribution is -2.28. The van der Waals surface area contributed by atoms with Gasteiger partial charge in [-0.15, -0.1) is 0 Å². The van der Waals surface area contributed by atoms with E-state index in [1.54, 1.807) is 12.1 Å². The molecule has 4 N–H and O–H groups in total. The minimum absolute atomic E-state index is 0.124. The lowest BCUT2D eigenvalue weighted by Gasteiger charge is -2.30.